The van der Waals surface area contributed by atoms with Gasteiger partial charge in [-0.05, 0) is 19.1 Å². The number of halogens is 1. The number of nitrogens with zero attached hydrogens (tertiary/aromatic N) is 1. The van der Waals surface area contributed by atoms with Crippen LogP contribution >= 0.6 is 11.6 Å². The topological polar surface area (TPSA) is 29.5 Å². The quantitative estimate of drug-likeness (QED) is 0.756. The van der Waals surface area contributed by atoms with Crippen molar-refractivity contribution in [2.24, 2.45) is 0 Å². The van der Waals surface area contributed by atoms with Gasteiger partial charge in [0.15, 0.2) is 0 Å². The molecule has 1 aliphatic rings. The molecule has 1 unspecified atom stereocenters. The van der Waals surface area contributed by atoms with E-state index in [9.17, 15) is 4.79 Å². The summed E-state index contributed by atoms with van der Waals surface area (Å²) in [6, 6.07) is 7.65. The summed E-state index contributed by atoms with van der Waals surface area (Å²) >= 11 is 5.76. The van der Waals surface area contributed by atoms with E-state index in [1.165, 1.54) is 0 Å². The van der Waals surface area contributed by atoms with E-state index in [0.717, 1.165) is 11.1 Å². The highest BCUT2D eigenvalue weighted by molar-refractivity contribution is 6.18. The number of hydrogen-bond donors (Lipinski definition) is 0. The van der Waals surface area contributed by atoms with Gasteiger partial charge in [0, 0.05) is 18.7 Å². The monoisotopic (exact) mass is 253 g/mol. The fourth-order valence-electron chi connectivity index (χ4n) is 1.96. The van der Waals surface area contributed by atoms with Crippen molar-refractivity contribution in [2.45, 2.75) is 13.0 Å². The molecule has 1 fully saturated rings. The first-order chi connectivity index (χ1) is 8.20. The number of rotatable bonds is 2. The third-order valence-corrected chi connectivity index (χ3v) is 3.21. The van der Waals surface area contributed by atoms with Crippen molar-refractivity contribution in [3.8, 4) is 0 Å². The second-order valence-electron chi connectivity index (χ2n) is 4.27. The molecule has 0 aliphatic carbocycles. The Kier molecular flexibility index (Phi) is 4.02. The minimum atomic E-state index is -0.0424. The highest BCUT2D eigenvalue weighted by Gasteiger charge is 2.24. The van der Waals surface area contributed by atoms with E-state index in [4.69, 9.17) is 16.3 Å². The first-order valence-corrected chi connectivity index (χ1v) is 6.27. The van der Waals surface area contributed by atoms with Gasteiger partial charge in [-0.3, -0.25) is 4.79 Å². The Morgan fingerprint density at radius 2 is 2.41 bits per heavy atom. The molecule has 1 aromatic carbocycles. The number of benzene rings is 1. The molecule has 4 heteroatoms. The first kappa shape index (κ1) is 12.4. The average molecular weight is 254 g/mol. The van der Waals surface area contributed by atoms with E-state index in [-0.39, 0.29) is 12.0 Å². The van der Waals surface area contributed by atoms with Crippen LogP contribution in [-0.2, 0) is 4.74 Å². The van der Waals surface area contributed by atoms with Crippen molar-refractivity contribution >= 4 is 17.5 Å². The Bertz CT molecular complexity index is 408. The molecule has 1 aromatic rings. The molecular weight excluding hydrogens is 238 g/mol. The van der Waals surface area contributed by atoms with Crippen molar-refractivity contribution in [2.75, 3.05) is 25.6 Å². The minimum Gasteiger partial charge on any atom is -0.373 e. The van der Waals surface area contributed by atoms with Crippen LogP contribution in [0.5, 0.6) is 0 Å². The third-order valence-electron chi connectivity index (χ3n) is 2.86. The van der Waals surface area contributed by atoms with Crippen LogP contribution < -0.4 is 0 Å². The maximum Gasteiger partial charge on any atom is 0.254 e. The summed E-state index contributed by atoms with van der Waals surface area (Å²) in [6.07, 6.45) is -0.0424. The zero-order chi connectivity index (χ0) is 12.3. The predicted molar refractivity (Wildman–Crippen MR) is 67.5 cm³/mol. The average Bonchev–Trinajstić information content (AvgIpc) is 2.38. The number of morpholine rings is 1. The van der Waals surface area contributed by atoms with E-state index in [0.29, 0.717) is 25.6 Å². The van der Waals surface area contributed by atoms with Crippen molar-refractivity contribution in [1.29, 1.82) is 0 Å². The van der Waals surface area contributed by atoms with Gasteiger partial charge in [0.1, 0.15) is 0 Å². The third kappa shape index (κ3) is 2.99. The lowest BCUT2D eigenvalue weighted by Crippen LogP contribution is -2.46. The molecule has 0 spiro atoms. The van der Waals surface area contributed by atoms with Gasteiger partial charge in [-0.2, -0.15) is 0 Å². The zero-order valence-corrected chi connectivity index (χ0v) is 10.6. The van der Waals surface area contributed by atoms with Crippen LogP contribution in [0, 0.1) is 6.92 Å². The molecule has 1 atom stereocenters. The largest absolute Gasteiger partial charge is 0.373 e. The van der Waals surface area contributed by atoms with Crippen LogP contribution in [0.15, 0.2) is 24.3 Å². The summed E-state index contributed by atoms with van der Waals surface area (Å²) < 4.78 is 5.44. The van der Waals surface area contributed by atoms with Gasteiger partial charge < -0.3 is 9.64 Å². The highest BCUT2D eigenvalue weighted by Crippen LogP contribution is 2.12. The molecule has 0 saturated carbocycles. The molecule has 2 rings (SSSR count). The second-order valence-corrected chi connectivity index (χ2v) is 4.58. The predicted octanol–water partition coefficient (Wildman–Crippen LogP) is 2.07. The van der Waals surface area contributed by atoms with Gasteiger partial charge in [-0.1, -0.05) is 17.7 Å². The standard InChI is InChI=1S/C13H16ClNO2/c1-10-3-2-4-11(7-10)13(16)15-5-6-17-12(8-14)9-15/h2-4,7,12H,5-6,8-9H2,1H3. The van der Waals surface area contributed by atoms with Crippen molar-refractivity contribution < 1.29 is 9.53 Å². The molecule has 1 amide bonds. The Morgan fingerprint density at radius 3 is 3.12 bits per heavy atom. The SMILES string of the molecule is Cc1cccc(C(=O)N2CCOC(CCl)C2)c1. The highest BCUT2D eigenvalue weighted by atomic mass is 35.5. The first-order valence-electron chi connectivity index (χ1n) is 5.74. The maximum atomic E-state index is 12.2. The molecule has 0 aromatic heterocycles. The normalized spacial score (nSPS) is 20.4. The molecule has 17 heavy (non-hydrogen) atoms. The molecule has 1 aliphatic heterocycles. The fraction of sp³-hybridized carbons (Fsp3) is 0.462. The summed E-state index contributed by atoms with van der Waals surface area (Å²) in [5.41, 5.74) is 1.83. The molecule has 0 N–H and O–H groups in total. The lowest BCUT2D eigenvalue weighted by molar-refractivity contribution is -0.0108. The molecule has 92 valence electrons. The Balaban J connectivity index is 2.09. The van der Waals surface area contributed by atoms with E-state index in [2.05, 4.69) is 0 Å². The van der Waals surface area contributed by atoms with Gasteiger partial charge in [0.25, 0.3) is 5.91 Å². The summed E-state index contributed by atoms with van der Waals surface area (Å²) in [7, 11) is 0. The van der Waals surface area contributed by atoms with Crippen LogP contribution in [0.4, 0.5) is 0 Å². The Hall–Kier alpha value is -1.06. The van der Waals surface area contributed by atoms with Crippen LogP contribution in [-0.4, -0.2) is 42.5 Å². The number of carbonyl (C=O) groups is 1. The van der Waals surface area contributed by atoms with E-state index in [1.54, 1.807) is 0 Å². The molecule has 3 nitrogen and oxygen atoms in total. The summed E-state index contributed by atoms with van der Waals surface area (Å²) in [5, 5.41) is 0. The summed E-state index contributed by atoms with van der Waals surface area (Å²) in [4.78, 5) is 14.1. The maximum absolute atomic E-state index is 12.2. The van der Waals surface area contributed by atoms with Gasteiger partial charge in [-0.25, -0.2) is 0 Å². The number of carbonyl (C=O) groups excluding carboxylic acids is 1. The van der Waals surface area contributed by atoms with Crippen molar-refractivity contribution in [3.05, 3.63) is 35.4 Å². The molecule has 0 radical (unpaired) electrons. The van der Waals surface area contributed by atoms with Crippen LogP contribution in [0.3, 0.4) is 0 Å². The molecule has 1 saturated heterocycles. The van der Waals surface area contributed by atoms with Crippen molar-refractivity contribution in [1.82, 2.24) is 4.90 Å². The number of aryl methyl sites for hydroxylation is 1. The lowest BCUT2D eigenvalue weighted by Gasteiger charge is -2.32. The van der Waals surface area contributed by atoms with Crippen LogP contribution in [0.2, 0.25) is 0 Å². The zero-order valence-electron chi connectivity index (χ0n) is 9.86. The summed E-state index contributed by atoms with van der Waals surface area (Å²) in [6.45, 7) is 3.77. The smallest absolute Gasteiger partial charge is 0.254 e. The molecule has 0 bridgehead atoms. The van der Waals surface area contributed by atoms with Crippen molar-refractivity contribution in [3.63, 3.8) is 0 Å². The summed E-state index contributed by atoms with van der Waals surface area (Å²) in [5.74, 6) is 0.490. The van der Waals surface area contributed by atoms with E-state index >= 15 is 0 Å². The molecular formula is C13H16ClNO2. The van der Waals surface area contributed by atoms with Gasteiger partial charge in [0.2, 0.25) is 0 Å². The lowest BCUT2D eigenvalue weighted by atomic mass is 10.1. The Labute approximate surface area is 106 Å². The van der Waals surface area contributed by atoms with Gasteiger partial charge in [-0.15, -0.1) is 11.6 Å². The number of ether oxygens (including phenoxy) is 1. The van der Waals surface area contributed by atoms with Gasteiger partial charge >= 0.3 is 0 Å². The second kappa shape index (κ2) is 5.52. The fourth-order valence-corrected chi connectivity index (χ4v) is 2.14. The minimum absolute atomic E-state index is 0.0424. The number of amides is 1. The number of hydrogen-bond acceptors (Lipinski definition) is 2. The van der Waals surface area contributed by atoms with Crippen LogP contribution in [0.25, 0.3) is 0 Å². The number of alkyl halides is 1. The van der Waals surface area contributed by atoms with Crippen LogP contribution in [0.1, 0.15) is 15.9 Å². The van der Waals surface area contributed by atoms with Gasteiger partial charge in [0.05, 0.1) is 18.6 Å². The Morgan fingerprint density at radius 1 is 1.59 bits per heavy atom. The molecule has 1 heterocycles. The van der Waals surface area contributed by atoms with E-state index in [1.807, 2.05) is 36.1 Å². The van der Waals surface area contributed by atoms with E-state index < -0.39 is 0 Å².